The molecular formula is C25H41N5O3S. The lowest BCUT2D eigenvalue weighted by Gasteiger charge is -2.54. The van der Waals surface area contributed by atoms with Gasteiger partial charge in [0.25, 0.3) is 0 Å². The summed E-state index contributed by atoms with van der Waals surface area (Å²) in [5.74, 6) is 2.37. The van der Waals surface area contributed by atoms with E-state index in [2.05, 4.69) is 27.6 Å². The molecular weight excluding hydrogens is 450 g/mol. The van der Waals surface area contributed by atoms with Gasteiger partial charge in [-0.25, -0.2) is 9.80 Å². The van der Waals surface area contributed by atoms with Gasteiger partial charge in [0.1, 0.15) is 6.10 Å². The van der Waals surface area contributed by atoms with Crippen molar-refractivity contribution in [2.75, 3.05) is 25.5 Å². The molecule has 7 unspecified atom stereocenters. The van der Waals surface area contributed by atoms with Crippen LogP contribution in [0.3, 0.4) is 0 Å². The Balaban J connectivity index is 1.15. The van der Waals surface area contributed by atoms with E-state index >= 15 is 0 Å². The molecule has 3 saturated carbocycles. The zero-order chi connectivity index (χ0) is 23.4. The lowest BCUT2D eigenvalue weighted by molar-refractivity contribution is -0.142. The standard InChI is InChI=1S/C25H41N5O3S/c1-15-12-28(25(32)33-20-6-7-21-24(10-20)34-14-26-21)23-9-17(3-8-22(23)30(15)16(2)31)18-11-27-29(13-18)19-4-5-19/h15,17-24,26-27H,3-14H2,1-2H3/t15-,17?,18?,20?,21?,22?,23?,24?/m0/s1. The van der Waals surface area contributed by atoms with Crippen LogP contribution in [0, 0.1) is 11.8 Å². The van der Waals surface area contributed by atoms with E-state index < -0.39 is 0 Å². The lowest BCUT2D eigenvalue weighted by Crippen LogP contribution is -2.67. The first kappa shape index (κ1) is 23.4. The van der Waals surface area contributed by atoms with Crippen LogP contribution in [0.5, 0.6) is 0 Å². The van der Waals surface area contributed by atoms with Crippen LogP contribution < -0.4 is 10.7 Å². The van der Waals surface area contributed by atoms with Crippen molar-refractivity contribution in [3.63, 3.8) is 0 Å². The van der Waals surface area contributed by atoms with Crippen LogP contribution in [0.25, 0.3) is 0 Å². The molecule has 0 bridgehead atoms. The van der Waals surface area contributed by atoms with Gasteiger partial charge in [-0.2, -0.15) is 0 Å². The molecule has 0 radical (unpaired) electrons. The van der Waals surface area contributed by atoms with Gasteiger partial charge in [0, 0.05) is 55.8 Å². The van der Waals surface area contributed by atoms with Crippen LogP contribution in [0.4, 0.5) is 4.79 Å². The van der Waals surface area contributed by atoms with E-state index in [1.807, 2.05) is 16.7 Å². The Morgan fingerprint density at radius 1 is 0.971 bits per heavy atom. The molecule has 0 aromatic rings. The third-order valence-electron chi connectivity index (χ3n) is 9.41. The average molecular weight is 492 g/mol. The maximum absolute atomic E-state index is 13.6. The third-order valence-corrected chi connectivity index (χ3v) is 10.7. The summed E-state index contributed by atoms with van der Waals surface area (Å²) in [5, 5.41) is 6.59. The third kappa shape index (κ3) is 4.46. The van der Waals surface area contributed by atoms with Gasteiger partial charge in [-0.3, -0.25) is 10.2 Å². The van der Waals surface area contributed by atoms with Crippen molar-refractivity contribution >= 4 is 23.8 Å². The molecule has 2 amide bonds. The van der Waals surface area contributed by atoms with E-state index in [1.54, 1.807) is 6.92 Å². The fraction of sp³-hybridized carbons (Fsp3) is 0.920. The highest BCUT2D eigenvalue weighted by Crippen LogP contribution is 2.41. The molecule has 2 N–H and O–H groups in total. The first-order valence-electron chi connectivity index (χ1n) is 13.6. The van der Waals surface area contributed by atoms with Gasteiger partial charge in [-0.05, 0) is 70.1 Å². The van der Waals surface area contributed by atoms with Crippen LogP contribution in [0.15, 0.2) is 0 Å². The highest BCUT2D eigenvalue weighted by molar-refractivity contribution is 8.00. The monoisotopic (exact) mass is 491 g/mol. The summed E-state index contributed by atoms with van der Waals surface area (Å²) < 4.78 is 6.17. The second kappa shape index (κ2) is 9.45. The first-order chi connectivity index (χ1) is 16.5. The minimum absolute atomic E-state index is 0.0197. The fourth-order valence-corrected chi connectivity index (χ4v) is 8.86. The first-order valence-corrected chi connectivity index (χ1v) is 14.6. The largest absolute Gasteiger partial charge is 0.446 e. The molecule has 3 aliphatic carbocycles. The molecule has 3 heterocycles. The van der Waals surface area contributed by atoms with Gasteiger partial charge >= 0.3 is 6.09 Å². The topological polar surface area (TPSA) is 77.2 Å². The number of rotatable bonds is 3. The number of nitrogens with zero attached hydrogens (tertiary/aromatic N) is 3. The van der Waals surface area contributed by atoms with Crippen LogP contribution in [-0.4, -0.2) is 93.9 Å². The number of hydrogen-bond donors (Lipinski definition) is 2. The molecule has 34 heavy (non-hydrogen) atoms. The van der Waals surface area contributed by atoms with Crippen LogP contribution in [0.2, 0.25) is 0 Å². The van der Waals surface area contributed by atoms with Crippen molar-refractivity contribution in [3.8, 4) is 0 Å². The Hall–Kier alpha value is -1.03. The molecule has 0 spiro atoms. The van der Waals surface area contributed by atoms with Crippen molar-refractivity contribution in [2.24, 2.45) is 11.8 Å². The number of piperazine rings is 1. The van der Waals surface area contributed by atoms with E-state index in [-0.39, 0.29) is 36.2 Å². The molecule has 0 aromatic heterocycles. The predicted octanol–water partition coefficient (Wildman–Crippen LogP) is 2.40. The van der Waals surface area contributed by atoms with Gasteiger partial charge in [0.2, 0.25) is 5.91 Å². The molecule has 6 fully saturated rings. The van der Waals surface area contributed by atoms with Crippen molar-refractivity contribution in [3.05, 3.63) is 0 Å². The maximum Gasteiger partial charge on any atom is 0.410 e. The smallest absolute Gasteiger partial charge is 0.410 e. The molecule has 190 valence electrons. The SMILES string of the molecule is CC(=O)N1C2CCC(C3CNN(C4CC4)C3)CC2N(C(=O)OC2CCC3NCSC3C2)C[C@@H]1C. The van der Waals surface area contributed by atoms with Crippen LogP contribution in [-0.2, 0) is 9.53 Å². The lowest BCUT2D eigenvalue weighted by atomic mass is 9.73. The summed E-state index contributed by atoms with van der Waals surface area (Å²) in [7, 11) is 0. The number of thioether (sulfide) groups is 1. The Morgan fingerprint density at radius 2 is 1.82 bits per heavy atom. The van der Waals surface area contributed by atoms with Gasteiger partial charge in [0.15, 0.2) is 0 Å². The number of carbonyl (C=O) groups excluding carboxylic acids is 2. The van der Waals surface area contributed by atoms with Gasteiger partial charge in [-0.15, -0.1) is 11.8 Å². The second-order valence-corrected chi connectivity index (χ2v) is 12.8. The van der Waals surface area contributed by atoms with Gasteiger partial charge in [0.05, 0.1) is 12.1 Å². The number of carbonyl (C=O) groups is 2. The van der Waals surface area contributed by atoms with E-state index in [4.69, 9.17) is 4.74 Å². The van der Waals surface area contributed by atoms with E-state index in [9.17, 15) is 9.59 Å². The number of amides is 2. The Kier molecular flexibility index (Phi) is 6.49. The Morgan fingerprint density at radius 3 is 2.62 bits per heavy atom. The number of hydrogen-bond acceptors (Lipinski definition) is 7. The maximum atomic E-state index is 13.6. The number of fused-ring (bicyclic) bond motifs is 2. The Bertz CT molecular complexity index is 797. The zero-order valence-electron chi connectivity index (χ0n) is 20.7. The fourth-order valence-electron chi connectivity index (χ4n) is 7.52. The number of ether oxygens (including phenoxy) is 1. The van der Waals surface area contributed by atoms with Gasteiger partial charge < -0.3 is 19.9 Å². The summed E-state index contributed by atoms with van der Waals surface area (Å²) in [6, 6.07) is 1.54. The molecule has 8 atom stereocenters. The molecule has 8 nitrogen and oxygen atoms in total. The van der Waals surface area contributed by atoms with Crippen molar-refractivity contribution in [2.45, 2.75) is 107 Å². The predicted molar refractivity (Wildman–Crippen MR) is 132 cm³/mol. The number of hydrazine groups is 1. The van der Waals surface area contributed by atoms with E-state index in [0.29, 0.717) is 29.7 Å². The molecule has 3 saturated heterocycles. The van der Waals surface area contributed by atoms with Gasteiger partial charge in [-0.1, -0.05) is 0 Å². The zero-order valence-corrected chi connectivity index (χ0v) is 21.5. The summed E-state index contributed by atoms with van der Waals surface area (Å²) >= 11 is 1.97. The van der Waals surface area contributed by atoms with E-state index in [1.165, 1.54) is 12.8 Å². The summed E-state index contributed by atoms with van der Waals surface area (Å²) in [5.41, 5.74) is 3.63. The van der Waals surface area contributed by atoms with Crippen molar-refractivity contribution in [1.82, 2.24) is 25.6 Å². The molecule has 3 aliphatic heterocycles. The van der Waals surface area contributed by atoms with Crippen molar-refractivity contribution in [1.29, 1.82) is 0 Å². The second-order valence-electron chi connectivity index (χ2n) is 11.6. The summed E-state index contributed by atoms with van der Waals surface area (Å²) in [6.45, 7) is 6.53. The molecule has 6 aliphatic rings. The summed E-state index contributed by atoms with van der Waals surface area (Å²) in [6.07, 6.45) is 8.61. The Labute approximate surface area is 207 Å². The normalized spacial score (nSPS) is 42.9. The molecule has 9 heteroatoms. The highest BCUT2D eigenvalue weighted by atomic mass is 32.2. The number of nitrogens with one attached hydrogen (secondary N) is 2. The molecule has 6 rings (SSSR count). The molecule has 0 aromatic carbocycles. The summed E-state index contributed by atoms with van der Waals surface area (Å²) in [4.78, 5) is 30.3. The van der Waals surface area contributed by atoms with E-state index in [0.717, 1.165) is 63.5 Å². The van der Waals surface area contributed by atoms with Crippen LogP contribution in [0.1, 0.15) is 65.2 Å². The van der Waals surface area contributed by atoms with Crippen molar-refractivity contribution < 1.29 is 14.3 Å². The quantitative estimate of drug-likeness (QED) is 0.628. The highest BCUT2D eigenvalue weighted by Gasteiger charge is 2.49. The minimum Gasteiger partial charge on any atom is -0.446 e. The van der Waals surface area contributed by atoms with Crippen LogP contribution >= 0.6 is 11.8 Å². The average Bonchev–Trinajstić information content (AvgIpc) is 3.36. The minimum atomic E-state index is -0.144.